The molecule has 0 bridgehead atoms. The van der Waals surface area contributed by atoms with E-state index in [1.165, 1.54) is 0 Å². The van der Waals surface area contributed by atoms with Crippen molar-refractivity contribution in [2.45, 2.75) is 13.5 Å². The van der Waals surface area contributed by atoms with Crippen molar-refractivity contribution in [1.82, 2.24) is 0 Å². The molecule has 0 aliphatic heterocycles. The second-order valence-electron chi connectivity index (χ2n) is 8.73. The molecule has 40 heavy (non-hydrogen) atoms. The van der Waals surface area contributed by atoms with Crippen molar-refractivity contribution in [2.75, 3.05) is 6.61 Å². The van der Waals surface area contributed by atoms with Crippen LogP contribution in [0.5, 0.6) is 11.5 Å². The third-order valence-electron chi connectivity index (χ3n) is 6.09. The Bertz CT molecular complexity index is 1690. The van der Waals surface area contributed by atoms with Gasteiger partial charge in [0.25, 0.3) is 0 Å². The molecule has 0 radical (unpaired) electrons. The van der Waals surface area contributed by atoms with Gasteiger partial charge in [-0.15, -0.1) is 0 Å². The number of aliphatic imine (C=N–C) groups is 1. The lowest BCUT2D eigenvalue weighted by Crippen LogP contribution is -2.02. The molecule has 198 valence electrons. The van der Waals surface area contributed by atoms with E-state index in [1.807, 2.05) is 104 Å². The maximum atomic E-state index is 10.1. The Balaban J connectivity index is 1.51. The predicted molar refractivity (Wildman–Crippen MR) is 163 cm³/mol. The van der Waals surface area contributed by atoms with Crippen LogP contribution in [0, 0.1) is 11.3 Å². The van der Waals surface area contributed by atoms with Crippen LogP contribution in [0.15, 0.2) is 111 Å². The second-order valence-corrected chi connectivity index (χ2v) is 9.99. The molecule has 0 amide bonds. The predicted octanol–water partition coefficient (Wildman–Crippen LogP) is 9.63. The molecule has 0 spiro atoms. The third-order valence-corrected chi connectivity index (χ3v) is 7.05. The standard InChI is InChI=1S/C33H24BrClN2O3/c1-2-38-29-18-22(17-27(34)32(29)39-21-25-15-9-10-16-28(25)35)20-37-33-26(19-36)30(23-11-5-3-6-12-23)31(40-33)24-13-7-4-8-14-24/h3-18,20H,2,21H2,1H3. The molecule has 4 aromatic carbocycles. The van der Waals surface area contributed by atoms with Crippen LogP contribution in [0.3, 0.4) is 0 Å². The maximum Gasteiger partial charge on any atom is 0.238 e. The zero-order valence-electron chi connectivity index (χ0n) is 21.6. The number of hydrogen-bond acceptors (Lipinski definition) is 5. The third kappa shape index (κ3) is 5.96. The summed E-state index contributed by atoms with van der Waals surface area (Å²) in [6.45, 7) is 2.64. The molecular weight excluding hydrogens is 588 g/mol. The normalized spacial score (nSPS) is 10.9. The number of ether oxygens (including phenoxy) is 2. The average Bonchev–Trinajstić information content (AvgIpc) is 3.36. The number of nitriles is 1. The van der Waals surface area contributed by atoms with Crippen molar-refractivity contribution in [2.24, 2.45) is 4.99 Å². The van der Waals surface area contributed by atoms with E-state index in [0.717, 1.165) is 22.3 Å². The van der Waals surface area contributed by atoms with Gasteiger partial charge >= 0.3 is 0 Å². The Hall–Kier alpha value is -4.31. The van der Waals surface area contributed by atoms with Crippen LogP contribution < -0.4 is 9.47 Å². The summed E-state index contributed by atoms with van der Waals surface area (Å²) in [5.74, 6) is 1.94. The van der Waals surface area contributed by atoms with E-state index in [9.17, 15) is 5.26 Å². The SMILES string of the molecule is CCOc1cc(C=Nc2oc(-c3ccccc3)c(-c3ccccc3)c2C#N)cc(Br)c1OCc1ccccc1Cl. The molecule has 0 unspecified atom stereocenters. The highest BCUT2D eigenvalue weighted by molar-refractivity contribution is 9.10. The molecular formula is C33H24BrClN2O3. The molecule has 1 heterocycles. The first-order valence-electron chi connectivity index (χ1n) is 12.6. The average molecular weight is 612 g/mol. The van der Waals surface area contributed by atoms with E-state index in [4.69, 9.17) is 25.5 Å². The molecule has 5 nitrogen and oxygen atoms in total. The minimum atomic E-state index is 0.230. The number of hydrogen-bond donors (Lipinski definition) is 0. The lowest BCUT2D eigenvalue weighted by atomic mass is 9.98. The molecule has 5 aromatic rings. The first-order valence-corrected chi connectivity index (χ1v) is 13.8. The molecule has 0 saturated carbocycles. The number of rotatable bonds is 9. The minimum absolute atomic E-state index is 0.230. The number of benzene rings is 4. The number of furan rings is 1. The molecule has 1 aromatic heterocycles. The van der Waals surface area contributed by atoms with Crippen LogP contribution in [0.1, 0.15) is 23.6 Å². The minimum Gasteiger partial charge on any atom is -0.490 e. The summed E-state index contributed by atoms with van der Waals surface area (Å²) in [6, 6.07) is 33.0. The first-order chi connectivity index (χ1) is 19.6. The van der Waals surface area contributed by atoms with Gasteiger partial charge in [0.1, 0.15) is 24.0 Å². The van der Waals surface area contributed by atoms with E-state index in [-0.39, 0.29) is 12.5 Å². The Morgan fingerprint density at radius 2 is 1.60 bits per heavy atom. The van der Waals surface area contributed by atoms with Gasteiger partial charge < -0.3 is 13.9 Å². The number of nitrogens with zero attached hydrogens (tertiary/aromatic N) is 2. The van der Waals surface area contributed by atoms with E-state index in [2.05, 4.69) is 27.0 Å². The van der Waals surface area contributed by atoms with Crippen LogP contribution >= 0.6 is 27.5 Å². The fourth-order valence-corrected chi connectivity index (χ4v) is 5.02. The molecule has 0 saturated heterocycles. The molecule has 0 aliphatic rings. The zero-order chi connectivity index (χ0) is 27.9. The van der Waals surface area contributed by atoms with Crippen molar-refractivity contribution in [3.63, 3.8) is 0 Å². The van der Waals surface area contributed by atoms with Gasteiger partial charge in [-0.25, -0.2) is 4.99 Å². The molecule has 0 aliphatic carbocycles. The highest BCUT2D eigenvalue weighted by atomic mass is 79.9. The zero-order valence-corrected chi connectivity index (χ0v) is 23.9. The van der Waals surface area contributed by atoms with Gasteiger partial charge in [0.05, 0.1) is 11.1 Å². The van der Waals surface area contributed by atoms with Gasteiger partial charge in [-0.2, -0.15) is 5.26 Å². The fourth-order valence-electron chi connectivity index (χ4n) is 4.25. The Kier molecular flexibility index (Phi) is 8.65. The van der Waals surface area contributed by atoms with Gasteiger partial charge in [-0.1, -0.05) is 90.5 Å². The first kappa shape index (κ1) is 27.3. The molecule has 0 N–H and O–H groups in total. The van der Waals surface area contributed by atoms with Gasteiger partial charge in [0.15, 0.2) is 11.5 Å². The Labute approximate surface area is 246 Å². The Morgan fingerprint density at radius 3 is 2.27 bits per heavy atom. The largest absolute Gasteiger partial charge is 0.490 e. The summed E-state index contributed by atoms with van der Waals surface area (Å²) in [5, 5.41) is 10.8. The molecule has 0 atom stereocenters. The quantitative estimate of drug-likeness (QED) is 0.156. The van der Waals surface area contributed by atoms with Gasteiger partial charge in [-0.3, -0.25) is 0 Å². The van der Waals surface area contributed by atoms with E-state index < -0.39 is 0 Å². The van der Waals surface area contributed by atoms with E-state index in [1.54, 1.807) is 6.21 Å². The lowest BCUT2D eigenvalue weighted by molar-refractivity contribution is 0.267. The van der Waals surface area contributed by atoms with Crippen LogP contribution in [-0.4, -0.2) is 12.8 Å². The molecule has 5 rings (SSSR count). The summed E-state index contributed by atoms with van der Waals surface area (Å²) in [4.78, 5) is 4.61. The summed E-state index contributed by atoms with van der Waals surface area (Å²) < 4.78 is 18.9. The van der Waals surface area contributed by atoms with Crippen molar-refractivity contribution in [1.29, 1.82) is 5.26 Å². The molecule has 7 heteroatoms. The van der Waals surface area contributed by atoms with Crippen molar-refractivity contribution >= 4 is 39.6 Å². The van der Waals surface area contributed by atoms with Gasteiger partial charge in [0.2, 0.25) is 5.88 Å². The second kappa shape index (κ2) is 12.7. The maximum absolute atomic E-state index is 10.1. The monoisotopic (exact) mass is 610 g/mol. The Morgan fingerprint density at radius 1 is 0.925 bits per heavy atom. The highest BCUT2D eigenvalue weighted by Crippen LogP contribution is 2.43. The summed E-state index contributed by atoms with van der Waals surface area (Å²) >= 11 is 9.92. The van der Waals surface area contributed by atoms with Crippen LogP contribution in [0.4, 0.5) is 5.88 Å². The van der Waals surface area contributed by atoms with Gasteiger partial charge in [0, 0.05) is 27.9 Å². The summed E-state index contributed by atoms with van der Waals surface area (Å²) in [5.41, 5.74) is 4.42. The lowest BCUT2D eigenvalue weighted by Gasteiger charge is -2.15. The van der Waals surface area contributed by atoms with Crippen molar-refractivity contribution in [3.8, 4) is 40.0 Å². The number of halogens is 2. The summed E-state index contributed by atoms with van der Waals surface area (Å²) in [7, 11) is 0. The van der Waals surface area contributed by atoms with E-state index >= 15 is 0 Å². The van der Waals surface area contributed by atoms with Crippen LogP contribution in [0.25, 0.3) is 22.5 Å². The highest BCUT2D eigenvalue weighted by Gasteiger charge is 2.22. The van der Waals surface area contributed by atoms with Crippen molar-refractivity contribution < 1.29 is 13.9 Å². The topological polar surface area (TPSA) is 67.8 Å². The van der Waals surface area contributed by atoms with Crippen LogP contribution in [0.2, 0.25) is 5.02 Å². The van der Waals surface area contributed by atoms with Crippen molar-refractivity contribution in [3.05, 3.63) is 123 Å². The smallest absolute Gasteiger partial charge is 0.238 e. The summed E-state index contributed by atoms with van der Waals surface area (Å²) in [6.07, 6.45) is 1.65. The van der Waals surface area contributed by atoms with Crippen LogP contribution in [-0.2, 0) is 6.61 Å². The molecule has 0 fully saturated rings. The fraction of sp³-hybridized carbons (Fsp3) is 0.0909. The van der Waals surface area contributed by atoms with E-state index in [0.29, 0.717) is 44.5 Å². The van der Waals surface area contributed by atoms with Gasteiger partial charge in [-0.05, 0) is 52.2 Å².